The first-order valence-electron chi connectivity index (χ1n) is 22.4. The first-order chi connectivity index (χ1) is 28.2. The molecule has 0 radical (unpaired) electrons. The van der Waals surface area contributed by atoms with E-state index in [9.17, 15) is 0 Å². The topological polar surface area (TPSA) is 6.48 Å². The Labute approximate surface area is 349 Å². The molecule has 0 amide bonds. The summed E-state index contributed by atoms with van der Waals surface area (Å²) in [6.07, 6.45) is 12.1. The molecule has 3 aliphatic carbocycles. The average molecular weight is 763 g/mol. The molecule has 0 N–H and O–H groups in total. The van der Waals surface area contributed by atoms with Crippen LogP contribution in [0.25, 0.3) is 11.1 Å². The van der Waals surface area contributed by atoms with Gasteiger partial charge in [0, 0.05) is 45.0 Å². The molecule has 0 aliphatic heterocycles. The summed E-state index contributed by atoms with van der Waals surface area (Å²) < 4.78 is 0. The van der Waals surface area contributed by atoms with Gasteiger partial charge >= 0.3 is 0 Å². The van der Waals surface area contributed by atoms with E-state index in [1.165, 1.54) is 119 Å². The number of hydrogen-bond acceptors (Lipinski definition) is 2. The minimum Gasteiger partial charge on any atom is -0.310 e. The largest absolute Gasteiger partial charge is 0.310 e. The second kappa shape index (κ2) is 15.6. The third kappa shape index (κ3) is 6.67. The van der Waals surface area contributed by atoms with E-state index in [1.54, 1.807) is 11.1 Å². The van der Waals surface area contributed by atoms with Crippen molar-refractivity contribution in [2.45, 2.75) is 117 Å². The maximum atomic E-state index is 2.63. The Kier molecular flexibility index (Phi) is 10.3. The van der Waals surface area contributed by atoms with Gasteiger partial charge in [-0.2, -0.15) is 0 Å². The van der Waals surface area contributed by atoms with Crippen molar-refractivity contribution in [2.24, 2.45) is 11.8 Å². The lowest BCUT2D eigenvalue weighted by Crippen LogP contribution is -2.43. The predicted molar refractivity (Wildman–Crippen MR) is 248 cm³/mol. The van der Waals surface area contributed by atoms with E-state index in [0.29, 0.717) is 11.8 Å². The molecule has 3 aliphatic rings. The highest BCUT2D eigenvalue weighted by molar-refractivity contribution is 5.87. The summed E-state index contributed by atoms with van der Waals surface area (Å²) in [5.74, 6) is 1.32. The third-order valence-corrected chi connectivity index (χ3v) is 14.2. The number of hydrogen-bond donors (Lipinski definition) is 0. The number of fused-ring (bicyclic) bond motifs is 3. The van der Waals surface area contributed by atoms with E-state index in [2.05, 4.69) is 185 Å². The molecule has 2 heteroatoms. The van der Waals surface area contributed by atoms with E-state index in [0.717, 1.165) is 12.8 Å². The van der Waals surface area contributed by atoms with E-state index in [4.69, 9.17) is 0 Å². The smallest absolute Gasteiger partial charge is 0.0465 e. The molecule has 0 atom stereocenters. The van der Waals surface area contributed by atoms with Gasteiger partial charge in [-0.15, -0.1) is 0 Å². The zero-order valence-electron chi connectivity index (χ0n) is 35.8. The highest BCUT2D eigenvalue weighted by Gasteiger charge is 2.65. The Morgan fingerprint density at radius 3 is 1.07 bits per heavy atom. The Bertz CT molecular complexity index is 2180. The minimum absolute atomic E-state index is 0.0986. The Morgan fingerprint density at radius 1 is 0.431 bits per heavy atom. The van der Waals surface area contributed by atoms with Crippen molar-refractivity contribution >= 4 is 34.1 Å². The number of benzene rings is 6. The van der Waals surface area contributed by atoms with Crippen molar-refractivity contribution in [2.75, 3.05) is 9.80 Å². The van der Waals surface area contributed by atoms with Crippen molar-refractivity contribution in [3.8, 4) is 11.1 Å². The maximum Gasteiger partial charge on any atom is 0.0465 e. The molecule has 2 nitrogen and oxygen atoms in total. The van der Waals surface area contributed by atoms with Crippen LogP contribution in [-0.4, -0.2) is 0 Å². The summed E-state index contributed by atoms with van der Waals surface area (Å²) in [6, 6.07) is 52.0. The van der Waals surface area contributed by atoms with Crippen molar-refractivity contribution in [1.29, 1.82) is 0 Å². The first kappa shape index (κ1) is 38.4. The number of rotatable bonds is 12. The molecule has 9 rings (SSSR count). The summed E-state index contributed by atoms with van der Waals surface area (Å²) >= 11 is 0. The molecule has 0 saturated heterocycles. The monoisotopic (exact) mass is 762 g/mol. The highest BCUT2D eigenvalue weighted by Crippen LogP contribution is 2.72. The molecule has 6 aromatic carbocycles. The van der Waals surface area contributed by atoms with Crippen LogP contribution in [0.1, 0.15) is 112 Å². The summed E-state index contributed by atoms with van der Waals surface area (Å²) in [4.78, 5) is 5.01. The lowest BCUT2D eigenvalue weighted by molar-refractivity contribution is 0.299. The Morgan fingerprint density at radius 2 is 0.741 bits per heavy atom. The van der Waals surface area contributed by atoms with Crippen molar-refractivity contribution in [3.05, 3.63) is 167 Å². The van der Waals surface area contributed by atoms with Crippen LogP contribution in [0.3, 0.4) is 0 Å². The van der Waals surface area contributed by atoms with Crippen LogP contribution in [0.4, 0.5) is 34.1 Å². The zero-order valence-corrected chi connectivity index (χ0v) is 35.8. The van der Waals surface area contributed by atoms with E-state index in [-0.39, 0.29) is 10.8 Å². The van der Waals surface area contributed by atoms with Gasteiger partial charge in [-0.25, -0.2) is 0 Å². The summed E-state index contributed by atoms with van der Waals surface area (Å²) in [7, 11) is 0. The molecule has 0 bridgehead atoms. The fourth-order valence-corrected chi connectivity index (χ4v) is 11.7. The standard InChI is InChI=1S/C56H62N2/c1-7-9-11-43-17-25-47(26-18-43)57(45-21-13-39(3)14-22-45)49-29-31-51-52-32-30-50(34-54(52)56-37-41(5)35-55(56,53(51)33-49)36-42(6)38-56)58(46-23-15-40(4)16-24-46)48-27-19-44(20-28-48)12-10-8-2/h13-34,41-42H,7-12,35-38H2,1-6H3. The van der Waals surface area contributed by atoms with Crippen LogP contribution >= 0.6 is 0 Å². The third-order valence-electron chi connectivity index (χ3n) is 14.2. The molecule has 0 spiro atoms. The molecule has 2 saturated carbocycles. The van der Waals surface area contributed by atoms with Gasteiger partial charge in [0.05, 0.1) is 0 Å². The summed E-state index contributed by atoms with van der Waals surface area (Å²) in [6.45, 7) is 14.0. The molecule has 58 heavy (non-hydrogen) atoms. The second-order valence-electron chi connectivity index (χ2n) is 18.5. The van der Waals surface area contributed by atoms with Gasteiger partial charge in [0.1, 0.15) is 0 Å². The van der Waals surface area contributed by atoms with Gasteiger partial charge in [-0.3, -0.25) is 0 Å². The van der Waals surface area contributed by atoms with Crippen LogP contribution in [0.2, 0.25) is 0 Å². The Hall–Kier alpha value is -5.08. The predicted octanol–water partition coefficient (Wildman–Crippen LogP) is 15.9. The van der Waals surface area contributed by atoms with E-state index < -0.39 is 0 Å². The van der Waals surface area contributed by atoms with Gasteiger partial charge < -0.3 is 9.80 Å². The van der Waals surface area contributed by atoms with Gasteiger partial charge in [0.15, 0.2) is 0 Å². The van der Waals surface area contributed by atoms with Crippen LogP contribution in [0.5, 0.6) is 0 Å². The number of anilines is 6. The molecule has 0 unspecified atom stereocenters. The van der Waals surface area contributed by atoms with Crippen LogP contribution < -0.4 is 9.80 Å². The van der Waals surface area contributed by atoms with Crippen LogP contribution in [-0.2, 0) is 23.7 Å². The highest BCUT2D eigenvalue weighted by atomic mass is 15.1. The first-order valence-corrected chi connectivity index (χ1v) is 22.4. The zero-order chi connectivity index (χ0) is 40.0. The lowest BCUT2D eigenvalue weighted by Gasteiger charge is -2.48. The SMILES string of the molecule is CCCCc1ccc(N(c2ccc(C)cc2)c2ccc3c(c2)C24CC(C)CC2(CC(C)C4)c2cc(N(c4ccc(C)cc4)c4ccc(CCCC)cc4)ccc2-3)cc1. The van der Waals surface area contributed by atoms with Gasteiger partial charge in [0.25, 0.3) is 0 Å². The van der Waals surface area contributed by atoms with Crippen molar-refractivity contribution in [3.63, 3.8) is 0 Å². The fourth-order valence-electron chi connectivity index (χ4n) is 11.7. The van der Waals surface area contributed by atoms with Crippen molar-refractivity contribution in [1.82, 2.24) is 0 Å². The molecular formula is C56H62N2. The lowest BCUT2D eigenvalue weighted by atomic mass is 9.55. The van der Waals surface area contributed by atoms with Crippen LogP contribution in [0, 0.1) is 25.7 Å². The molecule has 2 fully saturated rings. The van der Waals surface area contributed by atoms with Gasteiger partial charge in [0.2, 0.25) is 0 Å². The van der Waals surface area contributed by atoms with E-state index in [1.807, 2.05) is 0 Å². The maximum absolute atomic E-state index is 2.63. The quantitative estimate of drug-likeness (QED) is 0.122. The number of nitrogens with zero attached hydrogens (tertiary/aromatic N) is 2. The van der Waals surface area contributed by atoms with Crippen molar-refractivity contribution < 1.29 is 0 Å². The fraction of sp³-hybridized carbons (Fsp3) is 0.357. The number of unbranched alkanes of at least 4 members (excludes halogenated alkanes) is 2. The van der Waals surface area contributed by atoms with Gasteiger partial charge in [-0.05, 0) is 183 Å². The van der Waals surface area contributed by atoms with Gasteiger partial charge in [-0.1, -0.05) is 112 Å². The molecule has 6 aromatic rings. The Balaban J connectivity index is 1.20. The van der Waals surface area contributed by atoms with E-state index >= 15 is 0 Å². The average Bonchev–Trinajstić information content (AvgIpc) is 3.69. The molecule has 0 heterocycles. The normalized spacial score (nSPS) is 21.6. The summed E-state index contributed by atoms with van der Waals surface area (Å²) in [5.41, 5.74) is 19.0. The number of aryl methyl sites for hydroxylation is 4. The second-order valence-corrected chi connectivity index (χ2v) is 18.5. The summed E-state index contributed by atoms with van der Waals surface area (Å²) in [5, 5.41) is 0. The molecule has 0 aromatic heterocycles. The van der Waals surface area contributed by atoms with Crippen LogP contribution in [0.15, 0.2) is 133 Å². The molecule has 296 valence electrons. The molecular weight excluding hydrogens is 701 g/mol. The minimum atomic E-state index is 0.0986.